The predicted octanol–water partition coefficient (Wildman–Crippen LogP) is -3.85. The van der Waals surface area contributed by atoms with Crippen LogP contribution >= 0.6 is 12.6 Å². The molecule has 28 heavy (non-hydrogen) atoms. The number of nitrogens with two attached hydrogens (primary N) is 2. The summed E-state index contributed by atoms with van der Waals surface area (Å²) in [4.78, 5) is 68.7. The highest BCUT2D eigenvalue weighted by Gasteiger charge is 2.29. The van der Waals surface area contributed by atoms with E-state index in [4.69, 9.17) is 21.7 Å². The van der Waals surface area contributed by atoms with Crippen molar-refractivity contribution in [1.82, 2.24) is 16.0 Å². The van der Waals surface area contributed by atoms with Gasteiger partial charge in [-0.1, -0.05) is 0 Å². The number of amides is 4. The molecule has 0 fully saturated rings. The Morgan fingerprint density at radius 2 is 1.46 bits per heavy atom. The number of carbonyl (C=O) groups is 6. The zero-order valence-corrected chi connectivity index (χ0v) is 15.6. The minimum atomic E-state index is -1.48. The Kier molecular flexibility index (Phi) is 11.2. The van der Waals surface area contributed by atoms with Gasteiger partial charge >= 0.3 is 11.9 Å². The molecule has 0 radical (unpaired) electrons. The van der Waals surface area contributed by atoms with Gasteiger partial charge in [0.2, 0.25) is 23.6 Å². The zero-order valence-electron chi connectivity index (χ0n) is 14.7. The minimum Gasteiger partial charge on any atom is -0.481 e. The summed E-state index contributed by atoms with van der Waals surface area (Å²) >= 11 is 3.83. The molecule has 0 rings (SSSR count). The van der Waals surface area contributed by atoms with Gasteiger partial charge in [0.05, 0.1) is 12.5 Å². The van der Waals surface area contributed by atoms with Gasteiger partial charge in [-0.15, -0.1) is 0 Å². The number of hydrogen-bond donors (Lipinski definition) is 8. The van der Waals surface area contributed by atoms with Crippen molar-refractivity contribution in [3.63, 3.8) is 0 Å². The van der Waals surface area contributed by atoms with E-state index in [-0.39, 0.29) is 12.2 Å². The number of aliphatic carboxylic acids is 2. The highest BCUT2D eigenvalue weighted by atomic mass is 32.1. The van der Waals surface area contributed by atoms with Crippen LogP contribution in [0.15, 0.2) is 0 Å². The van der Waals surface area contributed by atoms with E-state index in [1.807, 2.05) is 5.32 Å². The first-order valence-corrected chi connectivity index (χ1v) is 8.57. The van der Waals surface area contributed by atoms with E-state index in [0.717, 1.165) is 0 Å². The lowest BCUT2D eigenvalue weighted by Crippen LogP contribution is -2.57. The highest BCUT2D eigenvalue weighted by Crippen LogP contribution is 2.02. The molecule has 0 saturated carbocycles. The molecule has 158 valence electrons. The van der Waals surface area contributed by atoms with E-state index in [1.165, 1.54) is 0 Å². The summed E-state index contributed by atoms with van der Waals surface area (Å²) in [6.45, 7) is -0.753. The number of rotatable bonds is 13. The van der Waals surface area contributed by atoms with Gasteiger partial charge in [0, 0.05) is 12.2 Å². The van der Waals surface area contributed by atoms with Crippen LogP contribution in [0.1, 0.15) is 19.3 Å². The molecule has 0 aromatic rings. The van der Waals surface area contributed by atoms with Crippen molar-refractivity contribution >= 4 is 48.2 Å². The number of primary amides is 1. The molecule has 0 saturated heterocycles. The van der Waals surface area contributed by atoms with Crippen LogP contribution in [-0.4, -0.2) is 76.2 Å². The summed E-state index contributed by atoms with van der Waals surface area (Å²) in [6.07, 6.45) is -1.48. The Labute approximate surface area is 165 Å². The average Bonchev–Trinajstić information content (AvgIpc) is 2.60. The van der Waals surface area contributed by atoms with Crippen molar-refractivity contribution in [3.8, 4) is 0 Å². The fraction of sp³-hybridized carbons (Fsp3) is 0.571. The van der Waals surface area contributed by atoms with Gasteiger partial charge in [-0.2, -0.15) is 12.6 Å². The van der Waals surface area contributed by atoms with Gasteiger partial charge in [-0.05, 0) is 6.42 Å². The standard InChI is InChI=1S/C14H23N5O8S/c15-6(5-28)12(25)19-8(3-9(16)20)14(27)18-7(1-2-10(21)22)13(26)17-4-11(23)24/h6-8,28H,1-5,15H2,(H2,16,20)(H,17,26)(H,18,27)(H,19,25)(H,21,22)(H,23,24). The SMILES string of the molecule is NC(=O)CC(NC(=O)C(N)CS)C(=O)NC(CCC(=O)O)C(=O)NCC(=O)O. The first-order chi connectivity index (χ1) is 13.0. The zero-order chi connectivity index (χ0) is 21.9. The van der Waals surface area contributed by atoms with Crippen molar-refractivity contribution in [2.45, 2.75) is 37.4 Å². The van der Waals surface area contributed by atoms with E-state index < -0.39 is 73.1 Å². The topological polar surface area (TPSA) is 231 Å². The van der Waals surface area contributed by atoms with Gasteiger partial charge in [-0.3, -0.25) is 28.8 Å². The van der Waals surface area contributed by atoms with Crippen LogP contribution in [0.5, 0.6) is 0 Å². The van der Waals surface area contributed by atoms with E-state index in [1.54, 1.807) is 0 Å². The maximum Gasteiger partial charge on any atom is 0.322 e. The fourth-order valence-corrected chi connectivity index (χ4v) is 2.03. The Morgan fingerprint density at radius 1 is 0.893 bits per heavy atom. The summed E-state index contributed by atoms with van der Waals surface area (Å²) in [7, 11) is 0. The molecular formula is C14H23N5O8S. The lowest BCUT2D eigenvalue weighted by molar-refractivity contribution is -0.140. The molecule has 13 nitrogen and oxygen atoms in total. The van der Waals surface area contributed by atoms with Crippen LogP contribution in [0.3, 0.4) is 0 Å². The molecule has 0 spiro atoms. The second kappa shape index (κ2) is 12.5. The number of carbonyl (C=O) groups excluding carboxylic acids is 4. The quantitative estimate of drug-likeness (QED) is 0.136. The van der Waals surface area contributed by atoms with E-state index in [0.29, 0.717) is 0 Å². The second-order valence-corrected chi connectivity index (χ2v) is 5.99. The molecule has 4 amide bonds. The molecule has 3 unspecified atom stereocenters. The van der Waals surface area contributed by atoms with E-state index in [2.05, 4.69) is 23.3 Å². The van der Waals surface area contributed by atoms with Crippen LogP contribution in [0.25, 0.3) is 0 Å². The van der Waals surface area contributed by atoms with Crippen molar-refractivity contribution in [3.05, 3.63) is 0 Å². The molecular weight excluding hydrogens is 398 g/mol. The molecule has 0 aromatic carbocycles. The van der Waals surface area contributed by atoms with Crippen LogP contribution in [0.2, 0.25) is 0 Å². The van der Waals surface area contributed by atoms with Gasteiger partial charge in [0.25, 0.3) is 0 Å². The number of thiol groups is 1. The van der Waals surface area contributed by atoms with Crippen molar-refractivity contribution in [1.29, 1.82) is 0 Å². The molecule has 0 aliphatic rings. The molecule has 0 aromatic heterocycles. The van der Waals surface area contributed by atoms with E-state index in [9.17, 15) is 28.8 Å². The molecule has 14 heteroatoms. The summed E-state index contributed by atoms with van der Waals surface area (Å²) in [5.41, 5.74) is 10.5. The molecule has 9 N–H and O–H groups in total. The molecule has 0 bridgehead atoms. The second-order valence-electron chi connectivity index (χ2n) is 5.63. The maximum absolute atomic E-state index is 12.4. The van der Waals surface area contributed by atoms with Gasteiger partial charge in [0.1, 0.15) is 18.6 Å². The Bertz CT molecular complexity index is 629. The van der Waals surface area contributed by atoms with Crippen LogP contribution in [0, 0.1) is 0 Å². The summed E-state index contributed by atoms with van der Waals surface area (Å²) in [5.74, 6) is -6.34. The van der Waals surface area contributed by atoms with Gasteiger partial charge < -0.3 is 37.6 Å². The third kappa shape index (κ3) is 10.3. The predicted molar refractivity (Wildman–Crippen MR) is 97.0 cm³/mol. The third-order valence-corrected chi connectivity index (χ3v) is 3.66. The van der Waals surface area contributed by atoms with Crippen LogP contribution in [-0.2, 0) is 28.8 Å². The minimum absolute atomic E-state index is 0.0461. The number of hydrogen-bond acceptors (Lipinski definition) is 8. The first-order valence-electron chi connectivity index (χ1n) is 7.94. The third-order valence-electron chi connectivity index (χ3n) is 3.27. The highest BCUT2D eigenvalue weighted by molar-refractivity contribution is 7.80. The summed E-state index contributed by atoms with van der Waals surface area (Å²) in [5, 5.41) is 23.7. The molecule has 0 aliphatic heterocycles. The summed E-state index contributed by atoms with van der Waals surface area (Å²) in [6, 6.07) is -3.97. The monoisotopic (exact) mass is 421 g/mol. The lowest BCUT2D eigenvalue weighted by Gasteiger charge is -2.23. The fourth-order valence-electron chi connectivity index (χ4n) is 1.87. The smallest absolute Gasteiger partial charge is 0.322 e. The molecule has 0 heterocycles. The van der Waals surface area contributed by atoms with E-state index >= 15 is 0 Å². The van der Waals surface area contributed by atoms with Crippen molar-refractivity contribution in [2.24, 2.45) is 11.5 Å². The van der Waals surface area contributed by atoms with Gasteiger partial charge in [0.15, 0.2) is 0 Å². The lowest BCUT2D eigenvalue weighted by atomic mass is 10.1. The van der Waals surface area contributed by atoms with Crippen LogP contribution in [0.4, 0.5) is 0 Å². The number of nitrogens with one attached hydrogen (secondary N) is 3. The largest absolute Gasteiger partial charge is 0.481 e. The number of carboxylic acids is 2. The molecule has 3 atom stereocenters. The Balaban J connectivity index is 5.26. The summed E-state index contributed by atoms with van der Waals surface area (Å²) < 4.78 is 0. The van der Waals surface area contributed by atoms with Crippen molar-refractivity contribution in [2.75, 3.05) is 12.3 Å². The average molecular weight is 421 g/mol. The normalized spacial score (nSPS) is 13.5. The van der Waals surface area contributed by atoms with Gasteiger partial charge in [-0.25, -0.2) is 0 Å². The molecule has 0 aliphatic carbocycles. The number of carboxylic acid groups (broad SMARTS) is 2. The van der Waals surface area contributed by atoms with Crippen LogP contribution < -0.4 is 27.4 Å². The maximum atomic E-state index is 12.4. The Morgan fingerprint density at radius 3 is 1.93 bits per heavy atom. The Hall–Kier alpha value is -2.87. The first kappa shape index (κ1) is 25.1. The van der Waals surface area contributed by atoms with Crippen molar-refractivity contribution < 1.29 is 39.0 Å².